The van der Waals surface area contributed by atoms with Gasteiger partial charge in [-0.05, 0) is 36.4 Å². The van der Waals surface area contributed by atoms with E-state index in [2.05, 4.69) is 0 Å². The number of rotatable bonds is 2. The predicted octanol–water partition coefficient (Wildman–Crippen LogP) is 1.52. The van der Waals surface area contributed by atoms with Gasteiger partial charge in [-0.2, -0.15) is 11.8 Å². The molecule has 3 nitrogen and oxygen atoms in total. The van der Waals surface area contributed by atoms with Gasteiger partial charge in [-0.3, -0.25) is 4.79 Å². The molecule has 0 unspecified atom stereocenters. The van der Waals surface area contributed by atoms with Crippen molar-refractivity contribution in [1.29, 1.82) is 0 Å². The molecule has 1 aromatic carbocycles. The highest BCUT2D eigenvalue weighted by molar-refractivity contribution is 7.99. The van der Waals surface area contributed by atoms with Crippen LogP contribution in [0.3, 0.4) is 0 Å². The molecular weight excluding hydrogens is 208 g/mol. The summed E-state index contributed by atoms with van der Waals surface area (Å²) in [5.74, 6) is 0.732. The number of nitrogens with two attached hydrogens (primary N) is 1. The maximum absolute atomic E-state index is 11.8. The standard InChI is InChI=1S/C11H14N2OS/c1-15-7-11(14)13-5-4-8-6-9(12)2-3-10(8)13/h2-3,6H,4-5,7,12H2,1H3. The Morgan fingerprint density at radius 3 is 3.13 bits per heavy atom. The van der Waals surface area contributed by atoms with Crippen molar-refractivity contribution < 1.29 is 4.79 Å². The van der Waals surface area contributed by atoms with Crippen molar-refractivity contribution in [1.82, 2.24) is 0 Å². The lowest BCUT2D eigenvalue weighted by Crippen LogP contribution is -2.30. The van der Waals surface area contributed by atoms with Gasteiger partial charge in [0.1, 0.15) is 0 Å². The van der Waals surface area contributed by atoms with Gasteiger partial charge >= 0.3 is 0 Å². The molecule has 15 heavy (non-hydrogen) atoms. The molecule has 1 amide bonds. The maximum Gasteiger partial charge on any atom is 0.236 e. The highest BCUT2D eigenvalue weighted by Crippen LogP contribution is 2.29. The first-order valence-electron chi connectivity index (χ1n) is 4.90. The molecule has 0 aliphatic carbocycles. The van der Waals surface area contributed by atoms with E-state index in [9.17, 15) is 4.79 Å². The zero-order valence-electron chi connectivity index (χ0n) is 8.69. The van der Waals surface area contributed by atoms with E-state index in [1.54, 1.807) is 11.8 Å². The fraction of sp³-hybridized carbons (Fsp3) is 0.364. The van der Waals surface area contributed by atoms with E-state index in [1.165, 1.54) is 5.56 Å². The van der Waals surface area contributed by atoms with Crippen molar-refractivity contribution in [2.45, 2.75) is 6.42 Å². The van der Waals surface area contributed by atoms with Gasteiger partial charge in [0.2, 0.25) is 5.91 Å². The van der Waals surface area contributed by atoms with Gasteiger partial charge in [0.05, 0.1) is 5.75 Å². The van der Waals surface area contributed by atoms with Crippen LogP contribution in [-0.2, 0) is 11.2 Å². The van der Waals surface area contributed by atoms with Crippen LogP contribution in [0.5, 0.6) is 0 Å². The smallest absolute Gasteiger partial charge is 0.236 e. The maximum atomic E-state index is 11.8. The van der Waals surface area contributed by atoms with E-state index >= 15 is 0 Å². The van der Waals surface area contributed by atoms with E-state index in [4.69, 9.17) is 5.73 Å². The number of hydrogen-bond donors (Lipinski definition) is 1. The molecule has 0 atom stereocenters. The van der Waals surface area contributed by atoms with Crippen molar-refractivity contribution in [3.05, 3.63) is 23.8 Å². The minimum absolute atomic E-state index is 0.186. The average Bonchev–Trinajstić information content (AvgIpc) is 2.60. The molecule has 1 aromatic rings. The lowest BCUT2D eigenvalue weighted by molar-refractivity contribution is -0.116. The fourth-order valence-electron chi connectivity index (χ4n) is 1.88. The van der Waals surface area contributed by atoms with Crippen molar-refractivity contribution in [3.63, 3.8) is 0 Å². The Balaban J connectivity index is 2.25. The molecule has 0 fully saturated rings. The van der Waals surface area contributed by atoms with Gasteiger partial charge in [-0.25, -0.2) is 0 Å². The normalized spacial score (nSPS) is 14.1. The molecule has 1 aliphatic rings. The summed E-state index contributed by atoms with van der Waals surface area (Å²) >= 11 is 1.56. The minimum atomic E-state index is 0.186. The van der Waals surface area contributed by atoms with Crippen LogP contribution in [0, 0.1) is 0 Å². The number of benzene rings is 1. The average molecular weight is 222 g/mol. The largest absolute Gasteiger partial charge is 0.399 e. The van der Waals surface area contributed by atoms with Crippen LogP contribution >= 0.6 is 11.8 Å². The van der Waals surface area contributed by atoms with Crippen LogP contribution in [-0.4, -0.2) is 24.5 Å². The van der Waals surface area contributed by atoms with E-state index in [0.717, 1.165) is 24.3 Å². The third-order valence-electron chi connectivity index (χ3n) is 2.57. The Morgan fingerprint density at radius 1 is 1.60 bits per heavy atom. The van der Waals surface area contributed by atoms with Gasteiger partial charge in [-0.15, -0.1) is 0 Å². The van der Waals surface area contributed by atoms with Crippen LogP contribution in [0.1, 0.15) is 5.56 Å². The molecule has 1 heterocycles. The predicted molar refractivity (Wildman–Crippen MR) is 65.3 cm³/mol. The van der Waals surface area contributed by atoms with E-state index < -0.39 is 0 Å². The van der Waals surface area contributed by atoms with E-state index in [0.29, 0.717) is 5.75 Å². The van der Waals surface area contributed by atoms with Gasteiger partial charge in [0.25, 0.3) is 0 Å². The second-order valence-corrected chi connectivity index (χ2v) is 4.48. The van der Waals surface area contributed by atoms with Crippen LogP contribution < -0.4 is 10.6 Å². The monoisotopic (exact) mass is 222 g/mol. The zero-order chi connectivity index (χ0) is 10.8. The van der Waals surface area contributed by atoms with Crippen LogP contribution in [0.4, 0.5) is 11.4 Å². The van der Waals surface area contributed by atoms with Gasteiger partial charge in [0, 0.05) is 17.9 Å². The molecule has 2 rings (SSSR count). The Bertz CT molecular complexity index is 392. The number of fused-ring (bicyclic) bond motifs is 1. The lowest BCUT2D eigenvalue weighted by atomic mass is 10.1. The third-order valence-corrected chi connectivity index (χ3v) is 3.10. The third kappa shape index (κ3) is 1.95. The second kappa shape index (κ2) is 4.14. The lowest BCUT2D eigenvalue weighted by Gasteiger charge is -2.16. The van der Waals surface area contributed by atoms with Crippen LogP contribution in [0.15, 0.2) is 18.2 Å². The number of hydrogen-bond acceptors (Lipinski definition) is 3. The molecule has 0 saturated heterocycles. The SMILES string of the molecule is CSCC(=O)N1CCc2cc(N)ccc21. The van der Waals surface area contributed by atoms with Crippen molar-refractivity contribution in [3.8, 4) is 0 Å². The Labute approximate surface area is 93.6 Å². The molecular formula is C11H14N2OS. The van der Waals surface area contributed by atoms with E-state index in [1.807, 2.05) is 29.4 Å². The van der Waals surface area contributed by atoms with E-state index in [-0.39, 0.29) is 5.91 Å². The Hall–Kier alpha value is -1.16. The molecule has 1 aliphatic heterocycles. The molecule has 0 bridgehead atoms. The molecule has 0 radical (unpaired) electrons. The minimum Gasteiger partial charge on any atom is -0.399 e. The molecule has 4 heteroatoms. The Morgan fingerprint density at radius 2 is 2.40 bits per heavy atom. The summed E-state index contributed by atoms with van der Waals surface area (Å²) in [6.45, 7) is 0.790. The van der Waals surface area contributed by atoms with Crippen LogP contribution in [0.25, 0.3) is 0 Å². The summed E-state index contributed by atoms with van der Waals surface area (Å²) in [5, 5.41) is 0. The Kier molecular flexibility index (Phi) is 2.86. The van der Waals surface area contributed by atoms with Gasteiger partial charge < -0.3 is 10.6 Å². The number of amides is 1. The summed E-state index contributed by atoms with van der Waals surface area (Å²) in [6.07, 6.45) is 2.86. The van der Waals surface area contributed by atoms with Gasteiger partial charge in [-0.1, -0.05) is 0 Å². The first kappa shape index (κ1) is 10.4. The van der Waals surface area contributed by atoms with Gasteiger partial charge in [0.15, 0.2) is 0 Å². The molecule has 0 aromatic heterocycles. The summed E-state index contributed by atoms with van der Waals surface area (Å²) < 4.78 is 0. The number of carbonyl (C=O) groups is 1. The van der Waals surface area contributed by atoms with Crippen molar-refractivity contribution >= 4 is 29.0 Å². The number of carbonyl (C=O) groups excluding carboxylic acids is 1. The molecule has 0 saturated carbocycles. The summed E-state index contributed by atoms with van der Waals surface area (Å²) in [4.78, 5) is 13.6. The summed E-state index contributed by atoms with van der Waals surface area (Å²) in [7, 11) is 0. The topological polar surface area (TPSA) is 46.3 Å². The molecule has 2 N–H and O–H groups in total. The van der Waals surface area contributed by atoms with Crippen LogP contribution in [0.2, 0.25) is 0 Å². The number of thioether (sulfide) groups is 1. The summed E-state index contributed by atoms with van der Waals surface area (Å²) in [6, 6.07) is 5.75. The molecule has 80 valence electrons. The van der Waals surface area contributed by atoms with Crippen molar-refractivity contribution in [2.24, 2.45) is 0 Å². The second-order valence-electron chi connectivity index (χ2n) is 3.62. The number of nitrogen functional groups attached to an aromatic ring is 1. The highest BCUT2D eigenvalue weighted by atomic mass is 32.2. The first-order valence-corrected chi connectivity index (χ1v) is 6.29. The molecule has 0 spiro atoms. The highest BCUT2D eigenvalue weighted by Gasteiger charge is 2.23. The zero-order valence-corrected chi connectivity index (χ0v) is 9.51. The first-order chi connectivity index (χ1) is 7.22. The van der Waals surface area contributed by atoms with Crippen molar-refractivity contribution in [2.75, 3.05) is 29.2 Å². The quantitative estimate of drug-likeness (QED) is 0.772. The fourth-order valence-corrected chi connectivity index (χ4v) is 2.28. The summed E-state index contributed by atoms with van der Waals surface area (Å²) in [5.41, 5.74) is 8.69. The number of nitrogens with zero attached hydrogens (tertiary/aromatic N) is 1. The number of anilines is 2.